The van der Waals surface area contributed by atoms with Gasteiger partial charge in [0.1, 0.15) is 5.82 Å². The van der Waals surface area contributed by atoms with E-state index in [-0.39, 0.29) is 17.9 Å². The van der Waals surface area contributed by atoms with Crippen LogP contribution in [0.5, 0.6) is 0 Å². The molecule has 1 aromatic rings. The lowest BCUT2D eigenvalue weighted by Crippen LogP contribution is -2.55. The highest BCUT2D eigenvalue weighted by Gasteiger charge is 2.30. The number of hydrogen-bond acceptors (Lipinski definition) is 5. The van der Waals surface area contributed by atoms with Gasteiger partial charge < -0.3 is 16.0 Å². The largest absolute Gasteiger partial charge is 0.348 e. The standard InChI is InChI=1S/C17H28N6O3/c1-5-6-7-18-15(25)16(26)20-13-8-11(4)22-23(13)17-19-12(10(2)3)9-14(24)21-17/h8,10,12,17,19H,5-7,9H2,1-4H3,(H,18,25)(H,20,26)(H,21,24). The molecule has 3 amide bonds. The molecular weight excluding hydrogens is 336 g/mol. The fraction of sp³-hybridized carbons (Fsp3) is 0.647. The molecule has 0 spiro atoms. The molecular formula is C17H28N6O3. The molecule has 2 atom stereocenters. The number of rotatable bonds is 6. The van der Waals surface area contributed by atoms with Crippen LogP contribution in [0, 0.1) is 12.8 Å². The highest BCUT2D eigenvalue weighted by molar-refractivity contribution is 6.39. The van der Waals surface area contributed by atoms with Crippen LogP contribution in [0.1, 0.15) is 52.0 Å². The van der Waals surface area contributed by atoms with Crippen LogP contribution in [-0.4, -0.2) is 40.1 Å². The third-order valence-electron chi connectivity index (χ3n) is 4.25. The summed E-state index contributed by atoms with van der Waals surface area (Å²) in [6.07, 6.45) is 1.54. The number of amides is 3. The second-order valence-electron chi connectivity index (χ2n) is 6.87. The number of nitrogens with one attached hydrogen (secondary N) is 4. The van der Waals surface area contributed by atoms with E-state index in [0.29, 0.717) is 24.5 Å². The molecule has 0 aliphatic carbocycles. The first-order valence-corrected chi connectivity index (χ1v) is 9.02. The van der Waals surface area contributed by atoms with Gasteiger partial charge in [-0.15, -0.1) is 0 Å². The third kappa shape index (κ3) is 5.04. The minimum absolute atomic E-state index is 0.000787. The van der Waals surface area contributed by atoms with Crippen molar-refractivity contribution < 1.29 is 14.4 Å². The zero-order valence-electron chi connectivity index (χ0n) is 15.8. The molecule has 1 saturated heterocycles. The molecule has 1 aromatic heterocycles. The number of unbranched alkanes of at least 4 members (excludes halogenated alkanes) is 1. The predicted octanol–water partition coefficient (Wildman–Crippen LogP) is 0.637. The SMILES string of the molecule is CCCCNC(=O)C(=O)Nc1cc(C)nn1C1NC(=O)CC(C(C)C)N1. The molecule has 0 saturated carbocycles. The molecule has 2 heterocycles. The van der Waals surface area contributed by atoms with Crippen LogP contribution in [0.25, 0.3) is 0 Å². The van der Waals surface area contributed by atoms with Crippen molar-refractivity contribution in [2.75, 3.05) is 11.9 Å². The van der Waals surface area contributed by atoms with Crippen molar-refractivity contribution >= 4 is 23.5 Å². The van der Waals surface area contributed by atoms with Gasteiger partial charge in [0.15, 0.2) is 6.29 Å². The van der Waals surface area contributed by atoms with Gasteiger partial charge >= 0.3 is 11.8 Å². The molecule has 1 aliphatic heterocycles. The maximum absolute atomic E-state index is 12.1. The molecule has 4 N–H and O–H groups in total. The van der Waals surface area contributed by atoms with Crippen molar-refractivity contribution in [3.63, 3.8) is 0 Å². The van der Waals surface area contributed by atoms with E-state index in [0.717, 1.165) is 12.8 Å². The molecule has 1 aliphatic rings. The van der Waals surface area contributed by atoms with E-state index in [4.69, 9.17) is 0 Å². The number of hydrogen-bond donors (Lipinski definition) is 4. The topological polar surface area (TPSA) is 117 Å². The molecule has 9 nitrogen and oxygen atoms in total. The van der Waals surface area contributed by atoms with Gasteiger partial charge in [-0.25, -0.2) is 4.68 Å². The van der Waals surface area contributed by atoms with Crippen molar-refractivity contribution in [3.8, 4) is 0 Å². The Labute approximate surface area is 153 Å². The van der Waals surface area contributed by atoms with E-state index in [1.54, 1.807) is 13.0 Å². The lowest BCUT2D eigenvalue weighted by Gasteiger charge is -2.34. The fourth-order valence-electron chi connectivity index (χ4n) is 2.71. The van der Waals surface area contributed by atoms with E-state index in [9.17, 15) is 14.4 Å². The maximum Gasteiger partial charge on any atom is 0.314 e. The first kappa shape index (κ1) is 19.9. The van der Waals surface area contributed by atoms with Gasteiger partial charge in [-0.1, -0.05) is 27.2 Å². The highest BCUT2D eigenvalue weighted by atomic mass is 16.2. The van der Waals surface area contributed by atoms with Gasteiger partial charge in [0.2, 0.25) is 5.91 Å². The van der Waals surface area contributed by atoms with E-state index >= 15 is 0 Å². The Morgan fingerprint density at radius 3 is 2.77 bits per heavy atom. The molecule has 144 valence electrons. The predicted molar refractivity (Wildman–Crippen MR) is 97.1 cm³/mol. The van der Waals surface area contributed by atoms with Crippen LogP contribution in [-0.2, 0) is 14.4 Å². The summed E-state index contributed by atoms with van der Waals surface area (Å²) in [6.45, 7) is 8.30. The van der Waals surface area contributed by atoms with E-state index in [1.807, 2.05) is 20.8 Å². The summed E-state index contributed by atoms with van der Waals surface area (Å²) in [5.41, 5.74) is 0.661. The second kappa shape index (κ2) is 8.79. The average molecular weight is 364 g/mol. The Kier molecular flexibility index (Phi) is 6.73. The van der Waals surface area contributed by atoms with Crippen LogP contribution < -0.4 is 21.3 Å². The number of aromatic nitrogens is 2. The van der Waals surface area contributed by atoms with Crippen LogP contribution in [0.3, 0.4) is 0 Å². The zero-order chi connectivity index (χ0) is 19.3. The lowest BCUT2D eigenvalue weighted by molar-refractivity contribution is -0.136. The molecule has 26 heavy (non-hydrogen) atoms. The summed E-state index contributed by atoms with van der Waals surface area (Å²) in [6, 6.07) is 1.66. The number of aryl methyl sites for hydroxylation is 1. The number of anilines is 1. The maximum atomic E-state index is 12.1. The first-order valence-electron chi connectivity index (χ1n) is 9.02. The van der Waals surface area contributed by atoms with Crippen molar-refractivity contribution in [2.24, 2.45) is 5.92 Å². The molecule has 9 heteroatoms. The summed E-state index contributed by atoms with van der Waals surface area (Å²) in [4.78, 5) is 36.0. The van der Waals surface area contributed by atoms with Gasteiger partial charge in [0.05, 0.1) is 5.69 Å². The lowest BCUT2D eigenvalue weighted by atomic mass is 9.99. The summed E-state index contributed by atoms with van der Waals surface area (Å²) in [5, 5.41) is 15.6. The summed E-state index contributed by atoms with van der Waals surface area (Å²) < 4.78 is 1.49. The van der Waals surface area contributed by atoms with Gasteiger partial charge in [0, 0.05) is 25.1 Å². The Balaban J connectivity index is 2.10. The van der Waals surface area contributed by atoms with Crippen molar-refractivity contribution in [2.45, 2.75) is 59.3 Å². The third-order valence-corrected chi connectivity index (χ3v) is 4.25. The van der Waals surface area contributed by atoms with Gasteiger partial charge in [-0.3, -0.25) is 19.7 Å². The summed E-state index contributed by atoms with van der Waals surface area (Å²) >= 11 is 0. The highest BCUT2D eigenvalue weighted by Crippen LogP contribution is 2.19. The van der Waals surface area contributed by atoms with E-state index in [2.05, 4.69) is 26.4 Å². The molecule has 0 radical (unpaired) electrons. The Hall–Kier alpha value is -2.42. The Morgan fingerprint density at radius 2 is 2.12 bits per heavy atom. The Morgan fingerprint density at radius 1 is 1.38 bits per heavy atom. The van der Waals surface area contributed by atoms with Crippen molar-refractivity contribution in [1.29, 1.82) is 0 Å². The monoisotopic (exact) mass is 364 g/mol. The average Bonchev–Trinajstić information content (AvgIpc) is 2.94. The van der Waals surface area contributed by atoms with Crippen molar-refractivity contribution in [3.05, 3.63) is 11.8 Å². The smallest absolute Gasteiger partial charge is 0.314 e. The normalized spacial score (nSPS) is 20.0. The second-order valence-corrected chi connectivity index (χ2v) is 6.87. The molecule has 0 aromatic carbocycles. The number of carbonyl (C=O) groups excluding carboxylic acids is 3. The van der Waals surface area contributed by atoms with Crippen LogP contribution in [0.4, 0.5) is 5.82 Å². The quantitative estimate of drug-likeness (QED) is 0.436. The number of carbonyl (C=O) groups is 3. The van der Waals surface area contributed by atoms with Crippen LogP contribution >= 0.6 is 0 Å². The van der Waals surface area contributed by atoms with E-state index < -0.39 is 18.1 Å². The van der Waals surface area contributed by atoms with Crippen LogP contribution in [0.15, 0.2) is 6.07 Å². The van der Waals surface area contributed by atoms with Gasteiger partial charge in [0.25, 0.3) is 0 Å². The molecule has 2 rings (SSSR count). The minimum atomic E-state index is -0.759. The summed E-state index contributed by atoms with van der Waals surface area (Å²) in [5.74, 6) is -0.924. The fourth-order valence-corrected chi connectivity index (χ4v) is 2.71. The van der Waals surface area contributed by atoms with E-state index in [1.165, 1.54) is 4.68 Å². The van der Waals surface area contributed by atoms with Gasteiger partial charge in [-0.05, 0) is 19.3 Å². The molecule has 1 fully saturated rings. The van der Waals surface area contributed by atoms with Crippen LogP contribution in [0.2, 0.25) is 0 Å². The minimum Gasteiger partial charge on any atom is -0.348 e. The first-order chi connectivity index (χ1) is 12.3. The Bertz CT molecular complexity index is 669. The van der Waals surface area contributed by atoms with Gasteiger partial charge in [-0.2, -0.15) is 5.10 Å². The summed E-state index contributed by atoms with van der Waals surface area (Å²) in [7, 11) is 0. The van der Waals surface area contributed by atoms with Crippen molar-refractivity contribution in [1.82, 2.24) is 25.7 Å². The molecule has 2 unspecified atom stereocenters. The number of nitrogens with zero attached hydrogens (tertiary/aromatic N) is 2. The molecule has 0 bridgehead atoms. The zero-order valence-corrected chi connectivity index (χ0v) is 15.8.